The number of halogens is 1. The van der Waals surface area contributed by atoms with E-state index in [2.05, 4.69) is 25.3 Å². The molecule has 0 saturated heterocycles. The Kier molecular flexibility index (Phi) is 6.86. The van der Waals surface area contributed by atoms with E-state index in [1.54, 1.807) is 23.7 Å². The zero-order chi connectivity index (χ0) is 22.6. The molecule has 0 amide bonds. The van der Waals surface area contributed by atoms with Crippen LogP contribution in [0.5, 0.6) is 5.75 Å². The van der Waals surface area contributed by atoms with Gasteiger partial charge in [-0.3, -0.25) is 0 Å². The summed E-state index contributed by atoms with van der Waals surface area (Å²) < 4.78 is 47.8. The second-order valence-corrected chi connectivity index (χ2v) is 8.60. The maximum absolute atomic E-state index is 13.9. The summed E-state index contributed by atoms with van der Waals surface area (Å²) in [6, 6.07) is 7.05. The van der Waals surface area contributed by atoms with Crippen LogP contribution in [-0.2, 0) is 10.0 Å². The second-order valence-electron chi connectivity index (χ2n) is 6.83. The van der Waals surface area contributed by atoms with Gasteiger partial charge in [0.2, 0.25) is 10.0 Å². The van der Waals surface area contributed by atoms with Gasteiger partial charge in [-0.15, -0.1) is 10.2 Å². The highest BCUT2D eigenvalue weighted by Gasteiger charge is 2.16. The van der Waals surface area contributed by atoms with Crippen molar-refractivity contribution in [2.45, 2.75) is 32.6 Å². The molecular weight excluding hydrogens is 423 g/mol. The average Bonchev–Trinajstić information content (AvgIpc) is 3.00. The molecule has 0 aliphatic heterocycles. The van der Waals surface area contributed by atoms with Crippen LogP contribution in [0.25, 0.3) is 5.82 Å². The highest BCUT2D eigenvalue weighted by atomic mass is 32.2. The first-order valence-electron chi connectivity index (χ1n) is 9.75. The van der Waals surface area contributed by atoms with E-state index >= 15 is 0 Å². The minimum Gasteiger partial charge on any atom is -0.491 e. The number of aryl methyl sites for hydroxylation is 1. The molecule has 9 nitrogen and oxygen atoms in total. The summed E-state index contributed by atoms with van der Waals surface area (Å²) in [6.45, 7) is 8.26. The fourth-order valence-electron chi connectivity index (χ4n) is 2.86. The third-order valence-corrected chi connectivity index (χ3v) is 6.22. The maximum atomic E-state index is 13.9. The molecule has 3 rings (SSSR count). The topological polar surface area (TPSA) is 111 Å². The minimum atomic E-state index is -3.85. The zero-order valence-corrected chi connectivity index (χ0v) is 18.6. The number of hydrogen-bond donors (Lipinski definition) is 2. The lowest BCUT2D eigenvalue weighted by molar-refractivity contribution is 0.321. The first-order chi connectivity index (χ1) is 14.7. The van der Waals surface area contributed by atoms with Crippen LogP contribution >= 0.6 is 0 Å². The average molecular weight is 449 g/mol. The number of benzene rings is 1. The Balaban J connectivity index is 1.55. The van der Waals surface area contributed by atoms with Crippen LogP contribution in [0.1, 0.15) is 23.9 Å². The largest absolute Gasteiger partial charge is 0.491 e. The molecule has 1 aromatic carbocycles. The first-order valence-corrected chi connectivity index (χ1v) is 11.2. The van der Waals surface area contributed by atoms with E-state index in [1.807, 2.05) is 20.8 Å². The van der Waals surface area contributed by atoms with Crippen LogP contribution in [0.2, 0.25) is 0 Å². The number of rotatable bonds is 9. The number of hydrogen-bond acceptors (Lipinski definition) is 7. The van der Waals surface area contributed by atoms with Crippen LogP contribution in [0.3, 0.4) is 0 Å². The molecule has 0 bridgehead atoms. The molecule has 0 radical (unpaired) electrons. The SMILES string of the molecule is CCOc1ccc(S(=O)(=O)NCCNc2ccc(-n3nc(C)c(C)c3C)nn2)cc1F. The third kappa shape index (κ3) is 5.17. The summed E-state index contributed by atoms with van der Waals surface area (Å²) in [6.07, 6.45) is 0. The van der Waals surface area contributed by atoms with Gasteiger partial charge in [0.05, 0.1) is 17.2 Å². The fourth-order valence-corrected chi connectivity index (χ4v) is 3.90. The van der Waals surface area contributed by atoms with E-state index < -0.39 is 15.8 Å². The molecule has 2 N–H and O–H groups in total. The monoisotopic (exact) mass is 448 g/mol. The lowest BCUT2D eigenvalue weighted by atomic mass is 10.2. The molecule has 0 atom stereocenters. The molecule has 0 spiro atoms. The van der Waals surface area contributed by atoms with E-state index in [0.717, 1.165) is 23.0 Å². The first kappa shape index (κ1) is 22.6. The van der Waals surface area contributed by atoms with Gasteiger partial charge < -0.3 is 10.1 Å². The predicted molar refractivity (Wildman–Crippen MR) is 115 cm³/mol. The lowest BCUT2D eigenvalue weighted by Gasteiger charge is -2.10. The van der Waals surface area contributed by atoms with Gasteiger partial charge in [-0.1, -0.05) is 0 Å². The van der Waals surface area contributed by atoms with Crippen molar-refractivity contribution in [2.75, 3.05) is 25.0 Å². The standard InChI is InChI=1S/C20H25FN6O3S/c1-5-30-18-7-6-16(12-17(18)21)31(28,29)23-11-10-22-19-8-9-20(25-24-19)27-15(4)13(2)14(3)26-27/h6-9,12,23H,5,10-11H2,1-4H3,(H,22,24). The molecule has 2 heterocycles. The number of anilines is 1. The Hall–Kier alpha value is -3.05. The molecule has 3 aromatic rings. The summed E-state index contributed by atoms with van der Waals surface area (Å²) in [4.78, 5) is -0.169. The Morgan fingerprint density at radius 2 is 1.87 bits per heavy atom. The quantitative estimate of drug-likeness (QED) is 0.484. The van der Waals surface area contributed by atoms with Gasteiger partial charge >= 0.3 is 0 Å². The summed E-state index contributed by atoms with van der Waals surface area (Å²) in [5, 5.41) is 15.7. The zero-order valence-electron chi connectivity index (χ0n) is 17.8. The molecule has 166 valence electrons. The van der Waals surface area contributed by atoms with Crippen LogP contribution in [0.4, 0.5) is 10.2 Å². The highest BCUT2D eigenvalue weighted by Crippen LogP contribution is 2.21. The second kappa shape index (κ2) is 9.40. The molecule has 0 unspecified atom stereocenters. The third-order valence-electron chi connectivity index (χ3n) is 4.76. The van der Waals surface area contributed by atoms with Gasteiger partial charge in [0.1, 0.15) is 5.82 Å². The van der Waals surface area contributed by atoms with Crippen molar-refractivity contribution in [1.82, 2.24) is 24.7 Å². The molecule has 31 heavy (non-hydrogen) atoms. The van der Waals surface area contributed by atoms with Crippen molar-refractivity contribution >= 4 is 15.8 Å². The fraction of sp³-hybridized carbons (Fsp3) is 0.350. The minimum absolute atomic E-state index is 0.0146. The molecule has 0 aliphatic rings. The van der Waals surface area contributed by atoms with Crippen molar-refractivity contribution in [2.24, 2.45) is 0 Å². The Bertz CT molecular complexity index is 1160. The number of aromatic nitrogens is 4. The van der Waals surface area contributed by atoms with E-state index in [-0.39, 0.29) is 30.3 Å². The van der Waals surface area contributed by atoms with Gasteiger partial charge in [-0.25, -0.2) is 22.2 Å². The molecule has 2 aromatic heterocycles. The summed E-state index contributed by atoms with van der Waals surface area (Å²) in [7, 11) is -3.85. The normalized spacial score (nSPS) is 11.5. The number of nitrogens with zero attached hydrogens (tertiary/aromatic N) is 4. The molecule has 0 aliphatic carbocycles. The summed E-state index contributed by atoms with van der Waals surface area (Å²) in [5.74, 6) is 0.377. The van der Waals surface area contributed by atoms with Gasteiger partial charge in [0.25, 0.3) is 0 Å². The lowest BCUT2D eigenvalue weighted by Crippen LogP contribution is -2.29. The van der Waals surface area contributed by atoms with E-state index in [9.17, 15) is 12.8 Å². The van der Waals surface area contributed by atoms with Gasteiger partial charge in [-0.2, -0.15) is 5.10 Å². The van der Waals surface area contributed by atoms with Crippen molar-refractivity contribution < 1.29 is 17.5 Å². The van der Waals surface area contributed by atoms with Crippen LogP contribution in [-0.4, -0.2) is 48.1 Å². The van der Waals surface area contributed by atoms with E-state index in [4.69, 9.17) is 4.74 Å². The van der Waals surface area contributed by atoms with Crippen molar-refractivity contribution in [3.05, 3.63) is 53.1 Å². The number of ether oxygens (including phenoxy) is 1. The smallest absolute Gasteiger partial charge is 0.240 e. The van der Waals surface area contributed by atoms with Crippen molar-refractivity contribution in [3.63, 3.8) is 0 Å². The highest BCUT2D eigenvalue weighted by molar-refractivity contribution is 7.89. The molecule has 11 heteroatoms. The number of nitrogens with one attached hydrogen (secondary N) is 2. The Labute approximate surface area is 180 Å². The molecular formula is C20H25FN6O3S. The van der Waals surface area contributed by atoms with Crippen LogP contribution in [0.15, 0.2) is 35.2 Å². The van der Waals surface area contributed by atoms with Crippen LogP contribution < -0.4 is 14.8 Å². The van der Waals surface area contributed by atoms with E-state index in [0.29, 0.717) is 11.6 Å². The molecule has 0 fully saturated rings. The van der Waals surface area contributed by atoms with Crippen molar-refractivity contribution in [1.29, 1.82) is 0 Å². The Morgan fingerprint density at radius 1 is 1.10 bits per heavy atom. The predicted octanol–water partition coefficient (Wildman–Crippen LogP) is 2.52. The van der Waals surface area contributed by atoms with E-state index in [1.165, 1.54) is 12.1 Å². The van der Waals surface area contributed by atoms with Gasteiger partial charge in [0, 0.05) is 18.8 Å². The summed E-state index contributed by atoms with van der Waals surface area (Å²) in [5.41, 5.74) is 3.03. The maximum Gasteiger partial charge on any atom is 0.240 e. The Morgan fingerprint density at radius 3 is 2.45 bits per heavy atom. The number of sulfonamides is 1. The van der Waals surface area contributed by atoms with Crippen molar-refractivity contribution in [3.8, 4) is 11.6 Å². The van der Waals surface area contributed by atoms with Gasteiger partial charge in [0.15, 0.2) is 17.4 Å². The molecule has 0 saturated carbocycles. The van der Waals surface area contributed by atoms with Crippen LogP contribution in [0, 0.1) is 26.6 Å². The van der Waals surface area contributed by atoms with Gasteiger partial charge in [-0.05, 0) is 63.6 Å². The summed E-state index contributed by atoms with van der Waals surface area (Å²) >= 11 is 0.